The Morgan fingerprint density at radius 3 is 2.76 bits per heavy atom. The normalized spacial score (nSPS) is 22.5. The van der Waals surface area contributed by atoms with Crippen LogP contribution in [0.5, 0.6) is 0 Å². The lowest BCUT2D eigenvalue weighted by Crippen LogP contribution is -2.51. The van der Waals surface area contributed by atoms with Crippen molar-refractivity contribution in [2.45, 2.75) is 50.3 Å². The monoisotopic (exact) mass is 547 g/mol. The summed E-state index contributed by atoms with van der Waals surface area (Å²) in [5.74, 6) is 1.02. The van der Waals surface area contributed by atoms with Gasteiger partial charge in [0.2, 0.25) is 0 Å². The van der Waals surface area contributed by atoms with Crippen molar-refractivity contribution in [3.05, 3.63) is 44.7 Å². The number of fused-ring (bicyclic) bond motifs is 1. The number of rotatable bonds is 7. The van der Waals surface area contributed by atoms with E-state index < -0.39 is 0 Å². The highest BCUT2D eigenvalue weighted by Crippen LogP contribution is 2.41. The van der Waals surface area contributed by atoms with E-state index in [1.54, 1.807) is 19.2 Å². The molecule has 2 aromatic rings. The van der Waals surface area contributed by atoms with E-state index in [0.717, 1.165) is 31.8 Å². The zero-order chi connectivity index (χ0) is 26.7. The molecule has 2 fully saturated rings. The zero-order valence-corrected chi connectivity index (χ0v) is 23.0. The van der Waals surface area contributed by atoms with Gasteiger partial charge in [0.05, 0.1) is 48.1 Å². The van der Waals surface area contributed by atoms with Crippen molar-refractivity contribution in [2.75, 3.05) is 33.4 Å². The summed E-state index contributed by atoms with van der Waals surface area (Å²) < 4.78 is 12.4. The Morgan fingerprint density at radius 2 is 2.14 bits per heavy atom. The molecule has 0 saturated carbocycles. The number of hydrogen-bond acceptors (Lipinski definition) is 9. The molecule has 2 saturated heterocycles. The maximum Gasteiger partial charge on any atom is 0.262 e. The Labute approximate surface area is 225 Å². The van der Waals surface area contributed by atoms with Crippen LogP contribution in [0.25, 0.3) is 10.9 Å². The average molecular weight is 548 g/mol. The minimum atomic E-state index is -0.238. The highest BCUT2D eigenvalue weighted by Gasteiger charge is 2.47. The Morgan fingerprint density at radius 1 is 1.41 bits per heavy atom. The van der Waals surface area contributed by atoms with E-state index in [4.69, 9.17) is 32.5 Å². The Bertz CT molecular complexity index is 1290. The van der Waals surface area contributed by atoms with Gasteiger partial charge in [-0.15, -0.1) is 0 Å². The molecule has 3 heterocycles. The fourth-order valence-corrected chi connectivity index (χ4v) is 6.03. The van der Waals surface area contributed by atoms with Crippen molar-refractivity contribution < 1.29 is 9.47 Å². The molecule has 2 aliphatic rings. The number of benzene rings is 1. The van der Waals surface area contributed by atoms with Crippen molar-refractivity contribution in [3.8, 4) is 0 Å². The van der Waals surface area contributed by atoms with E-state index in [1.165, 1.54) is 22.7 Å². The summed E-state index contributed by atoms with van der Waals surface area (Å²) in [4.78, 5) is 28.9. The number of nitrogens with two attached hydrogens (primary N) is 2. The first kappa shape index (κ1) is 27.6. The largest absolute Gasteiger partial charge is 0.383 e. The van der Waals surface area contributed by atoms with Crippen LogP contribution in [0.4, 0.5) is 0 Å². The Balaban J connectivity index is 1.54. The van der Waals surface area contributed by atoms with Crippen LogP contribution in [0.1, 0.15) is 26.7 Å². The third-order valence-electron chi connectivity index (χ3n) is 7.35. The van der Waals surface area contributed by atoms with Crippen LogP contribution in [0.15, 0.2) is 49.0 Å². The number of aromatic nitrogens is 2. The number of ether oxygens (including phenoxy) is 2. The minimum Gasteiger partial charge on any atom is -0.383 e. The fraction of sp³-hybridized carbons (Fsp3) is 0.520. The summed E-state index contributed by atoms with van der Waals surface area (Å²) in [5, 5.41) is 1.02. The molecule has 1 aromatic heterocycles. The summed E-state index contributed by atoms with van der Waals surface area (Å²) in [5.41, 5.74) is 13.1. The molecule has 2 aliphatic heterocycles. The van der Waals surface area contributed by atoms with Crippen molar-refractivity contribution in [2.24, 2.45) is 26.9 Å². The zero-order valence-electron chi connectivity index (χ0n) is 21.4. The molecule has 1 aromatic carbocycles. The molecule has 0 aliphatic carbocycles. The number of amidine groups is 1. The van der Waals surface area contributed by atoms with Crippen LogP contribution in [-0.4, -0.2) is 72.6 Å². The highest BCUT2D eigenvalue weighted by atomic mass is 35.5. The van der Waals surface area contributed by atoms with Crippen molar-refractivity contribution in [3.63, 3.8) is 0 Å². The summed E-state index contributed by atoms with van der Waals surface area (Å²) in [6.07, 6.45) is 3.47. The summed E-state index contributed by atoms with van der Waals surface area (Å²) >= 11 is 7.88. The van der Waals surface area contributed by atoms with Gasteiger partial charge >= 0.3 is 0 Å². The molecule has 10 nitrogen and oxygen atoms in total. The summed E-state index contributed by atoms with van der Waals surface area (Å²) in [7, 11) is 1.58. The number of halogens is 1. The lowest BCUT2D eigenvalue weighted by atomic mass is 9.73. The first-order valence-electron chi connectivity index (χ1n) is 12.2. The number of aliphatic imine (C=N–C) groups is 2. The SMILES string of the molecule is C=N/C(Sc1ccc2ncn(CCOC)c(=O)c2c1Cl)=C(N)\N=C(/C)N1CCC2(CC1)CO[C@@H](C)[C@H]2N. The van der Waals surface area contributed by atoms with Crippen LogP contribution < -0.4 is 17.0 Å². The molecule has 200 valence electrons. The lowest BCUT2D eigenvalue weighted by Gasteiger charge is -2.41. The molecule has 37 heavy (non-hydrogen) atoms. The maximum absolute atomic E-state index is 13.0. The molecule has 0 radical (unpaired) electrons. The van der Waals surface area contributed by atoms with Crippen LogP contribution in [0.2, 0.25) is 5.02 Å². The standard InChI is InChI=1S/C25H34ClN7O3S/c1-15-21(27)25(13-36-15)7-9-32(10-8-25)16(2)31-22(28)23(29-3)37-18-6-5-17-19(20(18)26)24(34)33(14-30-17)11-12-35-4/h5-6,14-15,21H,3,7-13,27-28H2,1-2,4H3/b23-22+,31-16+/t15-,21+/m0/s1. The minimum absolute atomic E-state index is 0.0328. The van der Waals surface area contributed by atoms with Crippen molar-refractivity contribution in [1.82, 2.24) is 14.5 Å². The van der Waals surface area contributed by atoms with Gasteiger partial charge in [0.25, 0.3) is 5.56 Å². The second-order valence-electron chi connectivity index (χ2n) is 9.51. The molecule has 2 atom stereocenters. The molecule has 0 bridgehead atoms. The van der Waals surface area contributed by atoms with E-state index in [1.807, 2.05) is 13.8 Å². The van der Waals surface area contributed by atoms with Gasteiger partial charge in [-0.2, -0.15) is 0 Å². The molecule has 1 spiro atoms. The fourth-order valence-electron chi connectivity index (χ4n) is 4.92. The smallest absolute Gasteiger partial charge is 0.262 e. The number of thioether (sulfide) groups is 1. The Hall–Kier alpha value is -2.44. The molecule has 0 unspecified atom stereocenters. The highest BCUT2D eigenvalue weighted by molar-refractivity contribution is 8.03. The number of hydrogen-bond donors (Lipinski definition) is 2. The van der Waals surface area contributed by atoms with Gasteiger partial charge in [-0.05, 0) is 45.5 Å². The quantitative estimate of drug-likeness (QED) is 0.307. The molecule has 4 rings (SSSR count). The van der Waals surface area contributed by atoms with Gasteiger partial charge < -0.3 is 25.8 Å². The summed E-state index contributed by atoms with van der Waals surface area (Å²) in [6.45, 7) is 10.8. The molecular weight excluding hydrogens is 514 g/mol. The second kappa shape index (κ2) is 11.5. The second-order valence-corrected chi connectivity index (χ2v) is 10.9. The number of nitrogens with zero attached hydrogens (tertiary/aromatic N) is 5. The molecule has 0 amide bonds. The van der Waals surface area contributed by atoms with Gasteiger partial charge in [0.1, 0.15) is 10.9 Å². The van der Waals surface area contributed by atoms with Crippen LogP contribution >= 0.6 is 23.4 Å². The number of piperidine rings is 1. The van der Waals surface area contributed by atoms with E-state index >= 15 is 0 Å². The van der Waals surface area contributed by atoms with Gasteiger partial charge in [-0.1, -0.05) is 23.4 Å². The van der Waals surface area contributed by atoms with Gasteiger partial charge in [0, 0.05) is 36.6 Å². The van der Waals surface area contributed by atoms with Gasteiger partial charge in [0.15, 0.2) is 5.82 Å². The molecule has 12 heteroatoms. The number of methoxy groups -OCH3 is 1. The first-order valence-corrected chi connectivity index (χ1v) is 13.4. The van der Waals surface area contributed by atoms with Crippen LogP contribution in [-0.2, 0) is 16.0 Å². The molecular formula is C25H34ClN7O3S. The topological polar surface area (TPSA) is 133 Å². The number of likely N-dealkylation sites (tertiary alicyclic amines) is 1. The predicted molar refractivity (Wildman–Crippen MR) is 149 cm³/mol. The third kappa shape index (κ3) is 5.56. The van der Waals surface area contributed by atoms with Crippen LogP contribution in [0, 0.1) is 5.41 Å². The first-order chi connectivity index (χ1) is 17.7. The lowest BCUT2D eigenvalue weighted by molar-refractivity contribution is 0.0838. The maximum atomic E-state index is 13.0. The predicted octanol–water partition coefficient (Wildman–Crippen LogP) is 2.82. The van der Waals surface area contributed by atoms with Crippen LogP contribution in [0.3, 0.4) is 0 Å². The van der Waals surface area contributed by atoms with Gasteiger partial charge in [-0.25, -0.2) is 9.98 Å². The average Bonchev–Trinajstić information content (AvgIpc) is 3.16. The van der Waals surface area contributed by atoms with E-state index in [2.05, 4.69) is 26.6 Å². The van der Waals surface area contributed by atoms with Crippen molar-refractivity contribution >= 4 is 46.8 Å². The Kier molecular flexibility index (Phi) is 8.59. The van der Waals surface area contributed by atoms with Crippen molar-refractivity contribution in [1.29, 1.82) is 0 Å². The van der Waals surface area contributed by atoms with E-state index in [0.29, 0.717) is 40.6 Å². The third-order valence-corrected chi connectivity index (χ3v) is 8.94. The summed E-state index contributed by atoms with van der Waals surface area (Å²) in [6, 6.07) is 3.59. The van der Waals surface area contributed by atoms with E-state index in [9.17, 15) is 4.79 Å². The molecule has 4 N–H and O–H groups in total. The van der Waals surface area contributed by atoms with E-state index in [-0.39, 0.29) is 34.0 Å². The van der Waals surface area contributed by atoms with Gasteiger partial charge in [-0.3, -0.25) is 14.4 Å².